The topological polar surface area (TPSA) is 85.1 Å². The van der Waals surface area contributed by atoms with Crippen molar-refractivity contribution < 1.29 is 9.72 Å². The van der Waals surface area contributed by atoms with Crippen molar-refractivity contribution >= 4 is 33.3 Å². The molecule has 21 heavy (non-hydrogen) atoms. The van der Waals surface area contributed by atoms with Crippen molar-refractivity contribution in [3.05, 3.63) is 61.7 Å². The molecule has 0 saturated carbocycles. The number of carbonyl (C=O) groups is 1. The highest BCUT2D eigenvalue weighted by Gasteiger charge is 2.15. The number of halogens is 1. The van der Waals surface area contributed by atoms with Crippen molar-refractivity contribution in [3.63, 3.8) is 0 Å². The zero-order valence-corrected chi connectivity index (χ0v) is 13.0. The number of hydrogen-bond donors (Lipinski definition) is 1. The fraction of sp³-hybridized carbons (Fsp3) is 0.143. The highest BCUT2D eigenvalue weighted by atomic mass is 79.9. The van der Waals surface area contributed by atoms with Crippen LogP contribution in [0.25, 0.3) is 0 Å². The summed E-state index contributed by atoms with van der Waals surface area (Å²) in [5.74, 6) is -0.0305. The van der Waals surface area contributed by atoms with Crippen molar-refractivity contribution in [1.29, 1.82) is 0 Å². The number of nitro benzene ring substituents is 1. The fourth-order valence-corrected chi connectivity index (χ4v) is 1.98. The average Bonchev–Trinajstić information content (AvgIpc) is 2.43. The lowest BCUT2D eigenvalue weighted by Crippen LogP contribution is -2.14. The summed E-state index contributed by atoms with van der Waals surface area (Å²) in [6, 6.07) is 5.90. The van der Waals surface area contributed by atoms with E-state index in [2.05, 4.69) is 26.2 Å². The van der Waals surface area contributed by atoms with E-state index in [1.54, 1.807) is 25.3 Å². The number of benzene rings is 1. The maximum absolute atomic E-state index is 12.2. The van der Waals surface area contributed by atoms with Gasteiger partial charge in [0.2, 0.25) is 0 Å². The zero-order valence-electron chi connectivity index (χ0n) is 11.4. The lowest BCUT2D eigenvalue weighted by Gasteiger charge is -2.08. The van der Waals surface area contributed by atoms with Gasteiger partial charge in [-0.05, 0) is 47.0 Å². The van der Waals surface area contributed by atoms with E-state index in [9.17, 15) is 14.9 Å². The normalized spacial score (nSPS) is 10.2. The summed E-state index contributed by atoms with van der Waals surface area (Å²) in [7, 11) is 0. The van der Waals surface area contributed by atoms with Gasteiger partial charge in [0.25, 0.3) is 11.6 Å². The number of aromatic nitrogens is 1. The Labute approximate surface area is 129 Å². The molecule has 0 spiro atoms. The summed E-state index contributed by atoms with van der Waals surface area (Å²) in [6.45, 7) is 3.60. The third kappa shape index (κ3) is 3.43. The van der Waals surface area contributed by atoms with E-state index in [0.717, 1.165) is 10.0 Å². The number of aryl methyl sites for hydroxylation is 2. The third-order valence-electron chi connectivity index (χ3n) is 2.97. The van der Waals surface area contributed by atoms with Gasteiger partial charge < -0.3 is 5.32 Å². The van der Waals surface area contributed by atoms with E-state index in [0.29, 0.717) is 11.4 Å². The lowest BCUT2D eigenvalue weighted by molar-refractivity contribution is -0.384. The molecule has 0 aliphatic carbocycles. The Morgan fingerprint density at radius 3 is 2.62 bits per heavy atom. The van der Waals surface area contributed by atoms with Gasteiger partial charge in [-0.2, -0.15) is 0 Å². The van der Waals surface area contributed by atoms with Crippen molar-refractivity contribution in [1.82, 2.24) is 4.98 Å². The van der Waals surface area contributed by atoms with Gasteiger partial charge in [0.05, 0.1) is 4.92 Å². The van der Waals surface area contributed by atoms with Crippen LogP contribution in [0, 0.1) is 24.0 Å². The third-order valence-corrected chi connectivity index (χ3v) is 3.80. The molecule has 7 heteroatoms. The molecular weight excluding hydrogens is 338 g/mol. The minimum absolute atomic E-state index is 0.120. The van der Waals surface area contributed by atoms with Crippen LogP contribution >= 0.6 is 15.9 Å². The van der Waals surface area contributed by atoms with Gasteiger partial charge in [0, 0.05) is 28.4 Å². The first-order valence-corrected chi connectivity index (χ1v) is 6.86. The SMILES string of the molecule is Cc1cc(NC(=O)c2cc([N+](=O)[O-])ccc2C)ncc1Br. The maximum atomic E-state index is 12.2. The Hall–Kier alpha value is -2.28. The van der Waals surface area contributed by atoms with E-state index >= 15 is 0 Å². The number of rotatable bonds is 3. The van der Waals surface area contributed by atoms with Gasteiger partial charge in [0.1, 0.15) is 5.82 Å². The Bertz CT molecular complexity index is 731. The monoisotopic (exact) mass is 349 g/mol. The second-order valence-corrected chi connectivity index (χ2v) is 5.38. The lowest BCUT2D eigenvalue weighted by atomic mass is 10.1. The molecule has 1 aromatic heterocycles. The van der Waals surface area contributed by atoms with E-state index < -0.39 is 10.8 Å². The summed E-state index contributed by atoms with van der Waals surface area (Å²) >= 11 is 3.33. The predicted octanol–water partition coefficient (Wildman–Crippen LogP) is 3.62. The first kappa shape index (κ1) is 15.1. The van der Waals surface area contributed by atoms with Gasteiger partial charge >= 0.3 is 0 Å². The Balaban J connectivity index is 2.29. The highest BCUT2D eigenvalue weighted by molar-refractivity contribution is 9.10. The van der Waals surface area contributed by atoms with E-state index in [1.165, 1.54) is 12.1 Å². The molecule has 0 radical (unpaired) electrons. The first-order valence-electron chi connectivity index (χ1n) is 6.07. The second-order valence-electron chi connectivity index (χ2n) is 4.53. The standard InChI is InChI=1S/C14H12BrN3O3/c1-8-3-4-10(18(20)21)6-11(8)14(19)17-13-5-9(2)12(15)7-16-13/h3-7H,1-2H3,(H,16,17,19). The van der Waals surface area contributed by atoms with E-state index in [-0.39, 0.29) is 11.3 Å². The Kier molecular flexibility index (Phi) is 4.32. The molecule has 0 saturated heterocycles. The molecule has 0 unspecified atom stereocenters. The van der Waals surface area contributed by atoms with Crippen molar-refractivity contribution in [2.24, 2.45) is 0 Å². The summed E-state index contributed by atoms with van der Waals surface area (Å²) in [5, 5.41) is 13.4. The largest absolute Gasteiger partial charge is 0.307 e. The number of hydrogen-bond acceptors (Lipinski definition) is 4. The molecule has 1 amide bonds. The molecule has 2 aromatic rings. The van der Waals surface area contributed by atoms with Crippen LogP contribution in [-0.2, 0) is 0 Å². The number of anilines is 1. The van der Waals surface area contributed by atoms with Crippen LogP contribution < -0.4 is 5.32 Å². The fourth-order valence-electron chi connectivity index (χ4n) is 1.76. The summed E-state index contributed by atoms with van der Waals surface area (Å²) < 4.78 is 0.840. The predicted molar refractivity (Wildman–Crippen MR) is 82.5 cm³/mol. The molecule has 1 heterocycles. The highest BCUT2D eigenvalue weighted by Crippen LogP contribution is 2.20. The van der Waals surface area contributed by atoms with E-state index in [1.807, 2.05) is 6.92 Å². The molecule has 0 atom stereocenters. The van der Waals surface area contributed by atoms with Crippen molar-refractivity contribution in [2.75, 3.05) is 5.32 Å². The number of nitrogens with one attached hydrogen (secondary N) is 1. The van der Waals surface area contributed by atoms with Crippen LogP contribution in [-0.4, -0.2) is 15.8 Å². The number of pyridine rings is 1. The first-order chi connectivity index (χ1) is 9.88. The molecule has 0 aliphatic rings. The quantitative estimate of drug-likeness (QED) is 0.677. The number of nitrogens with zero attached hydrogens (tertiary/aromatic N) is 2. The van der Waals surface area contributed by atoms with Gasteiger partial charge in [-0.25, -0.2) is 4.98 Å². The summed E-state index contributed by atoms with van der Waals surface area (Å²) in [6.07, 6.45) is 1.59. The Morgan fingerprint density at radius 1 is 1.29 bits per heavy atom. The van der Waals surface area contributed by atoms with Crippen LogP contribution in [0.5, 0.6) is 0 Å². The molecule has 2 rings (SSSR count). The van der Waals surface area contributed by atoms with Gasteiger partial charge in [-0.1, -0.05) is 6.07 Å². The van der Waals surface area contributed by atoms with Crippen molar-refractivity contribution in [3.8, 4) is 0 Å². The summed E-state index contributed by atoms with van der Waals surface area (Å²) in [4.78, 5) is 26.6. The molecule has 0 bridgehead atoms. The number of amides is 1. The molecular formula is C14H12BrN3O3. The molecule has 1 aromatic carbocycles. The molecule has 108 valence electrons. The minimum Gasteiger partial charge on any atom is -0.307 e. The van der Waals surface area contributed by atoms with Gasteiger partial charge in [-0.15, -0.1) is 0 Å². The number of carbonyl (C=O) groups excluding carboxylic acids is 1. The van der Waals surface area contributed by atoms with Crippen LogP contribution in [0.1, 0.15) is 21.5 Å². The zero-order chi connectivity index (χ0) is 15.6. The second kappa shape index (κ2) is 6.01. The van der Waals surface area contributed by atoms with Gasteiger partial charge in [0.15, 0.2) is 0 Å². The van der Waals surface area contributed by atoms with Gasteiger partial charge in [-0.3, -0.25) is 14.9 Å². The van der Waals surface area contributed by atoms with Crippen LogP contribution in [0.2, 0.25) is 0 Å². The van der Waals surface area contributed by atoms with Crippen LogP contribution in [0.4, 0.5) is 11.5 Å². The molecule has 0 fully saturated rings. The molecule has 1 N–H and O–H groups in total. The van der Waals surface area contributed by atoms with Crippen LogP contribution in [0.3, 0.4) is 0 Å². The summed E-state index contributed by atoms with van der Waals surface area (Å²) in [5.41, 5.74) is 1.72. The Morgan fingerprint density at radius 2 is 2.00 bits per heavy atom. The van der Waals surface area contributed by atoms with E-state index in [4.69, 9.17) is 0 Å². The number of non-ortho nitro benzene ring substituents is 1. The van der Waals surface area contributed by atoms with Crippen molar-refractivity contribution in [2.45, 2.75) is 13.8 Å². The smallest absolute Gasteiger partial charge is 0.270 e. The average molecular weight is 350 g/mol. The number of nitro groups is 1. The molecule has 0 aliphatic heterocycles. The maximum Gasteiger partial charge on any atom is 0.270 e. The van der Waals surface area contributed by atoms with Crippen LogP contribution in [0.15, 0.2) is 34.9 Å². The minimum atomic E-state index is -0.530. The molecule has 6 nitrogen and oxygen atoms in total.